The number of aromatic nitrogens is 2. The second-order valence-corrected chi connectivity index (χ2v) is 10.3. The smallest absolute Gasteiger partial charge is 0.417 e. The number of alkyl halides is 3. The molecule has 2 aliphatic rings. The minimum atomic E-state index is -5.01. The monoisotopic (exact) mass is 520 g/mol. The number of nitriles is 1. The number of methoxy groups -OCH3 is 1. The molecule has 1 N–H and O–H groups in total. The Hall–Kier alpha value is -3.92. The average molecular weight is 520 g/mol. The van der Waals surface area contributed by atoms with Crippen LogP contribution in [0.4, 0.5) is 13.2 Å². The fraction of sp³-hybridized carbons (Fsp3) is 0.304. The second kappa shape index (κ2) is 8.94. The van der Waals surface area contributed by atoms with Gasteiger partial charge in [0, 0.05) is 11.8 Å². The number of nitrogens with zero attached hydrogens (tertiary/aromatic N) is 3. The minimum Gasteiger partial charge on any atom is -0.468 e. The molecule has 0 saturated heterocycles. The normalized spacial score (nSPS) is 18.3. The number of amides is 1. The van der Waals surface area contributed by atoms with Crippen molar-refractivity contribution in [1.82, 2.24) is 15.1 Å². The Kier molecular flexibility index (Phi) is 6.25. The molecular weight excluding hydrogens is 501 g/mol. The van der Waals surface area contributed by atoms with Crippen LogP contribution in [0, 0.1) is 17.2 Å². The Labute approximate surface area is 203 Å². The third-order valence-electron chi connectivity index (χ3n) is 5.81. The van der Waals surface area contributed by atoms with Crippen LogP contribution in [0.25, 0.3) is 11.1 Å². The highest BCUT2D eigenvalue weighted by atomic mass is 32.2. The van der Waals surface area contributed by atoms with Crippen LogP contribution >= 0.6 is 0 Å². The zero-order chi connectivity index (χ0) is 26.3. The van der Waals surface area contributed by atoms with Gasteiger partial charge >= 0.3 is 12.1 Å². The van der Waals surface area contributed by atoms with Gasteiger partial charge in [-0.15, -0.1) is 0 Å². The van der Waals surface area contributed by atoms with E-state index in [0.29, 0.717) is 18.9 Å². The Bertz CT molecular complexity index is 1450. The average Bonchev–Trinajstić information content (AvgIpc) is 3.22. The van der Waals surface area contributed by atoms with Crippen molar-refractivity contribution in [2.45, 2.75) is 36.0 Å². The molecule has 0 spiro atoms. The maximum atomic E-state index is 13.9. The lowest BCUT2D eigenvalue weighted by molar-refractivity contribution is -0.141. The highest BCUT2D eigenvalue weighted by molar-refractivity contribution is 7.95. The first-order valence-corrected chi connectivity index (χ1v) is 12.1. The Morgan fingerprint density at radius 3 is 2.64 bits per heavy atom. The molecule has 4 rings (SSSR count). The summed E-state index contributed by atoms with van der Waals surface area (Å²) in [7, 11) is -3.46. The molecule has 1 fully saturated rings. The molecular formula is C23H19F3N4O5S. The molecule has 36 heavy (non-hydrogen) atoms. The fourth-order valence-electron chi connectivity index (χ4n) is 3.63. The van der Waals surface area contributed by atoms with E-state index >= 15 is 0 Å². The highest BCUT2D eigenvalue weighted by Crippen LogP contribution is 2.40. The van der Waals surface area contributed by atoms with Gasteiger partial charge in [0.2, 0.25) is 15.7 Å². The molecule has 1 heterocycles. The van der Waals surface area contributed by atoms with E-state index < -0.39 is 54.7 Å². The molecule has 2 aliphatic carbocycles. The molecule has 2 aromatic rings. The van der Waals surface area contributed by atoms with Gasteiger partial charge in [0.05, 0.1) is 40.7 Å². The number of esters is 1. The number of allylic oxidation sites excluding steroid dienone is 1. The quantitative estimate of drug-likeness (QED) is 0.556. The maximum absolute atomic E-state index is 13.9. The topological polar surface area (TPSA) is 131 Å². The van der Waals surface area contributed by atoms with E-state index in [9.17, 15) is 31.2 Å². The first-order chi connectivity index (χ1) is 16.9. The van der Waals surface area contributed by atoms with Crippen LogP contribution < -0.4 is 5.32 Å². The van der Waals surface area contributed by atoms with Crippen molar-refractivity contribution in [1.29, 1.82) is 5.26 Å². The second-order valence-electron chi connectivity index (χ2n) is 8.35. The first-order valence-electron chi connectivity index (χ1n) is 10.6. The molecule has 188 valence electrons. The van der Waals surface area contributed by atoms with E-state index in [2.05, 4.69) is 15.2 Å². The summed E-state index contributed by atoms with van der Waals surface area (Å²) in [6.45, 7) is -0.250. The van der Waals surface area contributed by atoms with Crippen LogP contribution in [0.5, 0.6) is 0 Å². The number of benzene rings is 1. The van der Waals surface area contributed by atoms with Crippen molar-refractivity contribution >= 4 is 21.7 Å². The minimum absolute atomic E-state index is 0.0387. The van der Waals surface area contributed by atoms with Gasteiger partial charge in [0.25, 0.3) is 0 Å². The van der Waals surface area contributed by atoms with Gasteiger partial charge in [-0.1, -0.05) is 12.1 Å². The molecule has 1 atom stereocenters. The number of rotatable bonds is 7. The van der Waals surface area contributed by atoms with Crippen LogP contribution in [0.3, 0.4) is 0 Å². The molecule has 1 saturated carbocycles. The van der Waals surface area contributed by atoms with Gasteiger partial charge in [-0.25, -0.2) is 8.42 Å². The summed E-state index contributed by atoms with van der Waals surface area (Å²) in [5.74, 6) is -2.24. The molecule has 13 heteroatoms. The first kappa shape index (κ1) is 25.2. The van der Waals surface area contributed by atoms with Crippen LogP contribution in [0.2, 0.25) is 0 Å². The summed E-state index contributed by atoms with van der Waals surface area (Å²) in [4.78, 5) is 22.4. The number of halogens is 3. The molecule has 9 nitrogen and oxygen atoms in total. The van der Waals surface area contributed by atoms with Crippen LogP contribution in [0.15, 0.2) is 58.6 Å². The van der Waals surface area contributed by atoms with E-state index in [1.165, 1.54) is 36.3 Å². The van der Waals surface area contributed by atoms with Gasteiger partial charge in [-0.05, 0) is 42.7 Å². The summed E-state index contributed by atoms with van der Waals surface area (Å²) < 4.78 is 73.8. The van der Waals surface area contributed by atoms with Crippen molar-refractivity contribution in [2.24, 2.45) is 5.92 Å². The number of ether oxygens (including phenoxy) is 1. The zero-order valence-corrected chi connectivity index (χ0v) is 19.6. The van der Waals surface area contributed by atoms with Crippen molar-refractivity contribution in [2.75, 3.05) is 7.11 Å². The number of hydrogen-bond donors (Lipinski definition) is 1. The van der Waals surface area contributed by atoms with Gasteiger partial charge in [-0.3, -0.25) is 14.3 Å². The molecule has 0 aliphatic heterocycles. The van der Waals surface area contributed by atoms with Gasteiger partial charge < -0.3 is 10.1 Å². The van der Waals surface area contributed by atoms with Gasteiger partial charge in [0.15, 0.2) is 0 Å². The number of carbonyl (C=O) groups excluding carboxylic acids is 2. The van der Waals surface area contributed by atoms with Crippen molar-refractivity contribution in [3.05, 3.63) is 59.3 Å². The molecule has 0 radical (unpaired) electrons. The molecule has 1 aromatic heterocycles. The fourth-order valence-corrected chi connectivity index (χ4v) is 5.17. The lowest BCUT2D eigenvalue weighted by Gasteiger charge is -2.15. The third-order valence-corrected chi connectivity index (χ3v) is 7.64. The summed E-state index contributed by atoms with van der Waals surface area (Å²) in [6.07, 6.45) is 1.91. The van der Waals surface area contributed by atoms with E-state index in [0.717, 1.165) is 18.2 Å². The predicted molar refractivity (Wildman–Crippen MR) is 118 cm³/mol. The lowest BCUT2D eigenvalue weighted by Crippen LogP contribution is -2.38. The molecule has 1 aromatic carbocycles. The van der Waals surface area contributed by atoms with Crippen molar-refractivity contribution < 1.29 is 35.9 Å². The van der Waals surface area contributed by atoms with Gasteiger partial charge in [-0.2, -0.15) is 23.5 Å². The van der Waals surface area contributed by atoms with Crippen LogP contribution in [-0.4, -0.2) is 42.7 Å². The Morgan fingerprint density at radius 1 is 1.31 bits per heavy atom. The SMILES string of the molecule is COC(=O)Cn1cc(-c2ccc(S(=O)(=O)C3=C[C@H](C(=O)NC4(C#N)CC4)C=C3)c(C(F)(F)F)c2)cn1. The Morgan fingerprint density at radius 2 is 2.03 bits per heavy atom. The lowest BCUT2D eigenvalue weighted by atomic mass is 10.1. The maximum Gasteiger partial charge on any atom is 0.417 e. The number of hydrogen-bond acceptors (Lipinski definition) is 7. The number of carbonyl (C=O) groups is 2. The van der Waals surface area contributed by atoms with Crippen molar-refractivity contribution in [3.8, 4) is 17.2 Å². The molecule has 0 unspecified atom stereocenters. The summed E-state index contributed by atoms with van der Waals surface area (Å²) in [5.41, 5.74) is -2.08. The number of sulfone groups is 1. The van der Waals surface area contributed by atoms with E-state index in [1.807, 2.05) is 6.07 Å². The molecule has 0 bridgehead atoms. The Balaban J connectivity index is 1.65. The number of nitrogens with one attached hydrogen (secondary N) is 1. The van der Waals surface area contributed by atoms with Crippen LogP contribution in [-0.2, 0) is 36.9 Å². The third kappa shape index (κ3) is 4.90. The van der Waals surface area contributed by atoms with E-state index in [-0.39, 0.29) is 17.7 Å². The van der Waals surface area contributed by atoms with E-state index in [4.69, 9.17) is 5.26 Å². The zero-order valence-electron chi connectivity index (χ0n) is 18.7. The highest BCUT2D eigenvalue weighted by Gasteiger charge is 2.46. The molecule has 1 amide bonds. The summed E-state index contributed by atoms with van der Waals surface area (Å²) in [6, 6.07) is 4.73. The van der Waals surface area contributed by atoms with Gasteiger partial charge in [0.1, 0.15) is 12.1 Å². The summed E-state index contributed by atoms with van der Waals surface area (Å²) in [5, 5.41) is 15.6. The predicted octanol–water partition coefficient (Wildman–Crippen LogP) is 2.76. The largest absolute Gasteiger partial charge is 0.468 e. The van der Waals surface area contributed by atoms with Crippen molar-refractivity contribution in [3.63, 3.8) is 0 Å². The standard InChI is InChI=1S/C23H19F3N4O5S/c1-35-20(31)12-30-11-16(10-28-30)14-3-5-19(18(9-14)23(24,25)26)36(33,34)17-4-2-15(8-17)21(32)29-22(13-27)6-7-22/h2-5,8-11,15H,6-7,12H2,1H3,(H,29,32)/t15-/m1/s1. The summed E-state index contributed by atoms with van der Waals surface area (Å²) >= 11 is 0. The van der Waals surface area contributed by atoms with E-state index in [1.54, 1.807) is 0 Å². The van der Waals surface area contributed by atoms with Crippen LogP contribution in [0.1, 0.15) is 18.4 Å².